The number of hydrogen-bond acceptors (Lipinski definition) is 5. The zero-order valence-corrected chi connectivity index (χ0v) is 14.5. The molecule has 0 aliphatic carbocycles. The average Bonchev–Trinajstić information content (AvgIpc) is 3.14. The molecule has 0 radical (unpaired) electrons. The van der Waals surface area contributed by atoms with Crippen LogP contribution >= 0.6 is 11.8 Å². The van der Waals surface area contributed by atoms with Crippen molar-refractivity contribution in [1.82, 2.24) is 15.2 Å². The number of anilines is 1. The number of alkyl halides is 3. The number of carbonyl (C=O) groups excluding carboxylic acids is 1. The van der Waals surface area contributed by atoms with Gasteiger partial charge in [-0.1, -0.05) is 30.0 Å². The molecule has 3 aromatic rings. The van der Waals surface area contributed by atoms with Gasteiger partial charge >= 0.3 is 6.36 Å². The topological polar surface area (TPSA) is 79.9 Å². The van der Waals surface area contributed by atoms with Crippen LogP contribution in [0.1, 0.15) is 15.9 Å². The first kappa shape index (κ1) is 18.8. The monoisotopic (exact) mass is 394 g/mol. The first-order chi connectivity index (χ1) is 12.9. The van der Waals surface area contributed by atoms with E-state index in [2.05, 4.69) is 25.2 Å². The third kappa shape index (κ3) is 5.48. The first-order valence-electron chi connectivity index (χ1n) is 7.64. The van der Waals surface area contributed by atoms with E-state index in [0.717, 1.165) is 17.7 Å². The predicted octanol–water partition coefficient (Wildman–Crippen LogP) is 4.25. The van der Waals surface area contributed by atoms with Crippen molar-refractivity contribution >= 4 is 23.4 Å². The maximum Gasteiger partial charge on any atom is 0.573 e. The Morgan fingerprint density at radius 3 is 2.56 bits per heavy atom. The van der Waals surface area contributed by atoms with E-state index in [0.29, 0.717) is 22.2 Å². The second kappa shape index (κ2) is 8.12. The first-order valence-corrected chi connectivity index (χ1v) is 8.62. The van der Waals surface area contributed by atoms with E-state index < -0.39 is 6.36 Å². The van der Waals surface area contributed by atoms with Gasteiger partial charge in [0.2, 0.25) is 0 Å². The largest absolute Gasteiger partial charge is 0.573 e. The maximum absolute atomic E-state index is 12.5. The molecule has 6 nitrogen and oxygen atoms in total. The minimum Gasteiger partial charge on any atom is -0.406 e. The van der Waals surface area contributed by atoms with Crippen molar-refractivity contribution in [3.63, 3.8) is 0 Å². The van der Waals surface area contributed by atoms with Gasteiger partial charge in [0.15, 0.2) is 5.16 Å². The minimum absolute atomic E-state index is 0.354. The van der Waals surface area contributed by atoms with Crippen LogP contribution in [-0.4, -0.2) is 27.5 Å². The van der Waals surface area contributed by atoms with Crippen LogP contribution in [0.3, 0.4) is 0 Å². The molecular weight excluding hydrogens is 381 g/mol. The van der Waals surface area contributed by atoms with Crippen LogP contribution in [0.5, 0.6) is 5.75 Å². The number of thioether (sulfide) groups is 1. The third-order valence-corrected chi connectivity index (χ3v) is 4.29. The number of hydrogen-bond donors (Lipinski definition) is 2. The molecule has 1 aromatic heterocycles. The van der Waals surface area contributed by atoms with Gasteiger partial charge in [0, 0.05) is 17.0 Å². The van der Waals surface area contributed by atoms with Gasteiger partial charge in [-0.15, -0.1) is 13.2 Å². The predicted molar refractivity (Wildman–Crippen MR) is 93.5 cm³/mol. The van der Waals surface area contributed by atoms with Crippen LogP contribution in [0.15, 0.2) is 60.0 Å². The molecule has 0 fully saturated rings. The van der Waals surface area contributed by atoms with Crippen molar-refractivity contribution in [1.29, 1.82) is 0 Å². The van der Waals surface area contributed by atoms with Crippen molar-refractivity contribution in [3.05, 3.63) is 66.0 Å². The number of ether oxygens (including phenoxy) is 1. The summed E-state index contributed by atoms with van der Waals surface area (Å²) in [6.07, 6.45) is -3.36. The SMILES string of the molecule is O=C(Nc1ccc(OC(F)(F)F)cc1)c1ccccc1CSc1ncn[nH]1. The Balaban J connectivity index is 1.67. The minimum atomic E-state index is -4.76. The van der Waals surface area contributed by atoms with Gasteiger partial charge in [-0.2, -0.15) is 5.10 Å². The van der Waals surface area contributed by atoms with Crippen LogP contribution < -0.4 is 10.1 Å². The van der Waals surface area contributed by atoms with Gasteiger partial charge in [0.25, 0.3) is 5.91 Å². The molecule has 0 saturated heterocycles. The Kier molecular flexibility index (Phi) is 5.65. The molecular formula is C17H13F3N4O2S. The molecule has 27 heavy (non-hydrogen) atoms. The summed E-state index contributed by atoms with van der Waals surface area (Å²) in [4.78, 5) is 16.6. The Morgan fingerprint density at radius 1 is 1.15 bits per heavy atom. The molecule has 10 heteroatoms. The standard InChI is InChI=1S/C17H13F3N4O2S/c18-17(19,20)26-13-7-5-12(6-8-13)23-15(25)14-4-2-1-3-11(14)9-27-16-21-10-22-24-16/h1-8,10H,9H2,(H,23,25)(H,21,22,24). The maximum atomic E-state index is 12.5. The zero-order chi connectivity index (χ0) is 19.3. The summed E-state index contributed by atoms with van der Waals surface area (Å²) in [6, 6.07) is 12.0. The molecule has 2 N–H and O–H groups in total. The number of aromatic nitrogens is 3. The lowest BCUT2D eigenvalue weighted by Crippen LogP contribution is -2.17. The zero-order valence-electron chi connectivity index (χ0n) is 13.7. The smallest absolute Gasteiger partial charge is 0.406 e. The molecule has 0 spiro atoms. The highest BCUT2D eigenvalue weighted by Gasteiger charge is 2.31. The van der Waals surface area contributed by atoms with Crippen molar-refractivity contribution in [3.8, 4) is 5.75 Å². The second-order valence-electron chi connectivity index (χ2n) is 5.26. The lowest BCUT2D eigenvalue weighted by Gasteiger charge is -2.11. The Hall–Kier alpha value is -3.01. The normalized spacial score (nSPS) is 11.2. The molecule has 1 heterocycles. The summed E-state index contributed by atoms with van der Waals surface area (Å²) in [5.74, 6) is -0.227. The highest BCUT2D eigenvalue weighted by Crippen LogP contribution is 2.25. The molecule has 0 bridgehead atoms. The summed E-state index contributed by atoms with van der Waals surface area (Å²) in [7, 11) is 0. The number of nitrogens with one attached hydrogen (secondary N) is 2. The number of halogens is 3. The lowest BCUT2D eigenvalue weighted by molar-refractivity contribution is -0.274. The van der Waals surface area contributed by atoms with Crippen molar-refractivity contribution in [2.24, 2.45) is 0 Å². The number of H-pyrrole nitrogens is 1. The van der Waals surface area contributed by atoms with Crippen LogP contribution in [0.4, 0.5) is 18.9 Å². The van der Waals surface area contributed by atoms with E-state index in [4.69, 9.17) is 0 Å². The fraction of sp³-hybridized carbons (Fsp3) is 0.118. The molecule has 0 unspecified atom stereocenters. The second-order valence-corrected chi connectivity index (χ2v) is 6.23. The van der Waals surface area contributed by atoms with E-state index in [1.807, 2.05) is 12.1 Å². The Bertz CT molecular complexity index is 899. The van der Waals surface area contributed by atoms with Crippen molar-refractivity contribution < 1.29 is 22.7 Å². The summed E-state index contributed by atoms with van der Waals surface area (Å²) in [6.45, 7) is 0. The molecule has 2 aromatic carbocycles. The van der Waals surface area contributed by atoms with E-state index in [9.17, 15) is 18.0 Å². The number of nitrogens with zero attached hydrogens (tertiary/aromatic N) is 2. The molecule has 0 aliphatic rings. The molecule has 1 amide bonds. The van der Waals surface area contributed by atoms with E-state index >= 15 is 0 Å². The highest BCUT2D eigenvalue weighted by atomic mass is 32.2. The molecule has 0 saturated carbocycles. The molecule has 140 valence electrons. The summed E-state index contributed by atoms with van der Waals surface area (Å²) in [5.41, 5.74) is 1.60. The summed E-state index contributed by atoms with van der Waals surface area (Å²) >= 11 is 1.39. The average molecular weight is 394 g/mol. The number of amides is 1. The Labute approximate surface area is 156 Å². The van der Waals surface area contributed by atoms with Crippen LogP contribution in [0, 0.1) is 0 Å². The summed E-state index contributed by atoms with van der Waals surface area (Å²) < 4.78 is 40.4. The summed E-state index contributed by atoms with van der Waals surface area (Å²) in [5, 5.41) is 9.78. The van der Waals surface area contributed by atoms with Gasteiger partial charge in [0.05, 0.1) is 0 Å². The van der Waals surface area contributed by atoms with E-state index in [1.165, 1.54) is 30.2 Å². The number of aromatic amines is 1. The Morgan fingerprint density at radius 2 is 1.89 bits per heavy atom. The van der Waals surface area contributed by atoms with Crippen LogP contribution in [-0.2, 0) is 5.75 Å². The number of benzene rings is 2. The van der Waals surface area contributed by atoms with E-state index in [-0.39, 0.29) is 11.7 Å². The third-order valence-electron chi connectivity index (χ3n) is 3.37. The fourth-order valence-electron chi connectivity index (χ4n) is 2.22. The quantitative estimate of drug-likeness (QED) is 0.611. The lowest BCUT2D eigenvalue weighted by atomic mass is 10.1. The molecule has 0 atom stereocenters. The highest BCUT2D eigenvalue weighted by molar-refractivity contribution is 7.98. The van der Waals surface area contributed by atoms with Crippen LogP contribution in [0.25, 0.3) is 0 Å². The fourth-order valence-corrected chi connectivity index (χ4v) is 3.00. The van der Waals surface area contributed by atoms with Gasteiger partial charge in [0.1, 0.15) is 12.1 Å². The van der Waals surface area contributed by atoms with Gasteiger partial charge in [-0.3, -0.25) is 9.89 Å². The van der Waals surface area contributed by atoms with E-state index in [1.54, 1.807) is 12.1 Å². The van der Waals surface area contributed by atoms with Gasteiger partial charge < -0.3 is 10.1 Å². The number of carbonyl (C=O) groups is 1. The van der Waals surface area contributed by atoms with Gasteiger partial charge in [-0.05, 0) is 35.9 Å². The molecule has 0 aliphatic heterocycles. The molecule has 3 rings (SSSR count). The van der Waals surface area contributed by atoms with Gasteiger partial charge in [-0.25, -0.2) is 4.98 Å². The van der Waals surface area contributed by atoms with Crippen LogP contribution in [0.2, 0.25) is 0 Å². The van der Waals surface area contributed by atoms with Crippen molar-refractivity contribution in [2.45, 2.75) is 17.3 Å². The van der Waals surface area contributed by atoms with Crippen molar-refractivity contribution in [2.75, 3.05) is 5.32 Å². The number of rotatable bonds is 6.